The Morgan fingerprint density at radius 3 is 1.73 bits per heavy atom. The van der Waals surface area contributed by atoms with Crippen molar-refractivity contribution in [3.05, 3.63) is 95.4 Å². The van der Waals surface area contributed by atoms with Crippen LogP contribution in [0.1, 0.15) is 0 Å². The van der Waals surface area contributed by atoms with Gasteiger partial charge in [0.25, 0.3) is 0 Å². The molecule has 2 aromatic heterocycles. The summed E-state index contributed by atoms with van der Waals surface area (Å²) in [5, 5.41) is 7.83. The van der Waals surface area contributed by atoms with Crippen molar-refractivity contribution in [1.82, 2.24) is 0 Å². The molecule has 9 heteroatoms. The molecule has 6 N–H and O–H groups in total. The molecule has 0 atom stereocenters. The predicted molar refractivity (Wildman–Crippen MR) is 128 cm³/mol. The van der Waals surface area contributed by atoms with Crippen LogP contribution in [0.15, 0.2) is 98.9 Å². The topological polar surface area (TPSA) is 164 Å². The van der Waals surface area contributed by atoms with Crippen molar-refractivity contribution < 1.29 is 40.2 Å². The standard InChI is InChI=1S/C12H7N3O.C12H9NO.2H2O.Pd/c13-15-14-10-6-3-5-9-8-4-1-2-7-11(8)16-12(9)10;13-10-6-3-5-9-8-4-1-2-7-11(8)14-12(9)10;;;/h1-7H;1-7H,13H2;2*1H2;. The number of nitrogen functional groups attached to an aromatic ring is 1. The van der Waals surface area contributed by atoms with Gasteiger partial charge >= 0.3 is 0 Å². The molecule has 0 aliphatic rings. The van der Waals surface area contributed by atoms with Crippen molar-refractivity contribution in [3.8, 4) is 0 Å². The Kier molecular flexibility index (Phi) is 8.22. The maximum absolute atomic E-state index is 8.47. The minimum atomic E-state index is 0. The van der Waals surface area contributed by atoms with Crippen LogP contribution in [0.4, 0.5) is 11.4 Å². The zero-order valence-corrected chi connectivity index (χ0v) is 18.7. The fourth-order valence-corrected chi connectivity index (χ4v) is 3.63. The summed E-state index contributed by atoms with van der Waals surface area (Å²) in [6.45, 7) is 0. The van der Waals surface area contributed by atoms with E-state index in [9.17, 15) is 0 Å². The van der Waals surface area contributed by atoms with Crippen LogP contribution in [0, 0.1) is 0 Å². The molecule has 0 amide bonds. The zero-order chi connectivity index (χ0) is 20.5. The Labute approximate surface area is 201 Å². The first kappa shape index (κ1) is 25.4. The van der Waals surface area contributed by atoms with Gasteiger partial charge in [-0.05, 0) is 29.8 Å². The maximum atomic E-state index is 8.47. The number of fused-ring (bicyclic) bond motifs is 6. The van der Waals surface area contributed by atoms with Crippen LogP contribution in [0.5, 0.6) is 0 Å². The van der Waals surface area contributed by atoms with Crippen molar-refractivity contribution in [1.29, 1.82) is 0 Å². The van der Waals surface area contributed by atoms with Crippen LogP contribution >= 0.6 is 0 Å². The molecule has 6 aromatic rings. The van der Waals surface area contributed by atoms with Crippen LogP contribution in [-0.4, -0.2) is 11.0 Å². The first-order valence-corrected chi connectivity index (χ1v) is 9.37. The molecular formula is C24H20N4O4Pd. The van der Waals surface area contributed by atoms with Crippen LogP contribution in [0.25, 0.3) is 54.3 Å². The monoisotopic (exact) mass is 534 g/mol. The number of nitrogens with two attached hydrogens (primary N) is 1. The molecule has 0 aliphatic heterocycles. The summed E-state index contributed by atoms with van der Waals surface area (Å²) in [7, 11) is 0. The molecule has 0 unspecified atom stereocenters. The number of furan rings is 2. The molecule has 0 bridgehead atoms. The SMILES string of the molecule is Nc1cccc2c1oc1ccccc12.O.O.[N-]=[N+]=Nc1cccc2c1oc1ccccc12.[Pd]. The van der Waals surface area contributed by atoms with Gasteiger partial charge < -0.3 is 25.5 Å². The van der Waals surface area contributed by atoms with Crippen LogP contribution in [0.3, 0.4) is 0 Å². The van der Waals surface area contributed by atoms with Gasteiger partial charge in [0.15, 0.2) is 5.58 Å². The van der Waals surface area contributed by atoms with Gasteiger partial charge in [0.2, 0.25) is 0 Å². The van der Waals surface area contributed by atoms with Gasteiger partial charge in [0.05, 0.1) is 11.4 Å². The molecule has 6 rings (SSSR count). The third-order valence-electron chi connectivity index (χ3n) is 4.97. The first-order chi connectivity index (χ1) is 14.8. The summed E-state index contributed by atoms with van der Waals surface area (Å²) in [6.07, 6.45) is 0. The summed E-state index contributed by atoms with van der Waals surface area (Å²) >= 11 is 0. The molecule has 0 saturated heterocycles. The van der Waals surface area contributed by atoms with Crippen molar-refractivity contribution in [2.75, 3.05) is 5.73 Å². The summed E-state index contributed by atoms with van der Waals surface area (Å²) in [4.78, 5) is 2.79. The molecule has 33 heavy (non-hydrogen) atoms. The molecule has 8 nitrogen and oxygen atoms in total. The van der Waals surface area contributed by atoms with E-state index in [1.165, 1.54) is 0 Å². The average molecular weight is 535 g/mol. The number of anilines is 1. The van der Waals surface area contributed by atoms with E-state index in [2.05, 4.69) is 10.0 Å². The fourth-order valence-electron chi connectivity index (χ4n) is 3.63. The number of nitrogens with zero attached hydrogens (tertiary/aromatic N) is 3. The molecule has 0 saturated carbocycles. The second kappa shape index (κ2) is 10.7. The number of azide groups is 1. The van der Waals surface area contributed by atoms with Crippen LogP contribution < -0.4 is 5.73 Å². The number of hydrogen-bond donors (Lipinski definition) is 1. The van der Waals surface area contributed by atoms with Crippen LogP contribution in [0.2, 0.25) is 0 Å². The van der Waals surface area contributed by atoms with E-state index in [0.29, 0.717) is 17.0 Å². The molecule has 4 aromatic carbocycles. The summed E-state index contributed by atoms with van der Waals surface area (Å²) in [5.74, 6) is 0. The molecular weight excluding hydrogens is 515 g/mol. The largest absolute Gasteiger partial charge is 0.456 e. The quantitative estimate of drug-likeness (QED) is 0.0894. The second-order valence-electron chi connectivity index (χ2n) is 6.76. The van der Waals surface area contributed by atoms with E-state index >= 15 is 0 Å². The van der Waals surface area contributed by atoms with Gasteiger partial charge in [-0.15, -0.1) is 0 Å². The Morgan fingerprint density at radius 1 is 0.636 bits per heavy atom. The second-order valence-corrected chi connectivity index (χ2v) is 6.76. The van der Waals surface area contributed by atoms with E-state index in [4.69, 9.17) is 20.1 Å². The molecule has 0 radical (unpaired) electrons. The molecule has 170 valence electrons. The fraction of sp³-hybridized carbons (Fsp3) is 0. The minimum absolute atomic E-state index is 0. The van der Waals surface area contributed by atoms with Gasteiger partial charge in [-0.2, -0.15) is 0 Å². The number of hydrogen-bond acceptors (Lipinski definition) is 4. The van der Waals surface area contributed by atoms with E-state index in [-0.39, 0.29) is 31.4 Å². The molecule has 2 heterocycles. The molecule has 0 fully saturated rings. The first-order valence-electron chi connectivity index (χ1n) is 9.37. The van der Waals surface area contributed by atoms with Crippen LogP contribution in [-0.2, 0) is 20.4 Å². The van der Waals surface area contributed by atoms with Crippen molar-refractivity contribution >= 4 is 55.3 Å². The Bertz CT molecular complexity index is 1590. The number of para-hydroxylation sites is 4. The van der Waals surface area contributed by atoms with Gasteiger partial charge in [-0.1, -0.05) is 65.8 Å². The Morgan fingerprint density at radius 2 is 1.12 bits per heavy atom. The van der Waals surface area contributed by atoms with E-state index < -0.39 is 0 Å². The normalized spacial score (nSPS) is 9.82. The van der Waals surface area contributed by atoms with E-state index in [0.717, 1.165) is 38.3 Å². The van der Waals surface area contributed by atoms with Gasteiger partial charge in [0.1, 0.15) is 16.7 Å². The summed E-state index contributed by atoms with van der Waals surface area (Å²) in [6, 6.07) is 27.1. The maximum Gasteiger partial charge on any atom is 0.158 e. The Balaban J connectivity index is 0.000000215. The van der Waals surface area contributed by atoms with Crippen molar-refractivity contribution in [3.63, 3.8) is 0 Å². The third-order valence-corrected chi connectivity index (χ3v) is 4.97. The molecule has 0 aliphatic carbocycles. The van der Waals surface area contributed by atoms with Crippen molar-refractivity contribution in [2.45, 2.75) is 0 Å². The predicted octanol–water partition coefficient (Wildman–Crippen LogP) is 6.04. The minimum Gasteiger partial charge on any atom is -0.456 e. The third kappa shape index (κ3) is 4.54. The summed E-state index contributed by atoms with van der Waals surface area (Å²) < 4.78 is 11.3. The number of rotatable bonds is 1. The van der Waals surface area contributed by atoms with Gasteiger partial charge in [-0.25, -0.2) is 0 Å². The van der Waals surface area contributed by atoms with Crippen molar-refractivity contribution in [2.24, 2.45) is 5.11 Å². The Hall–Kier alpha value is -3.83. The zero-order valence-electron chi connectivity index (χ0n) is 17.1. The average Bonchev–Trinajstić information content (AvgIpc) is 3.35. The smallest absolute Gasteiger partial charge is 0.158 e. The van der Waals surface area contributed by atoms with E-state index in [1.54, 1.807) is 6.07 Å². The van der Waals surface area contributed by atoms with E-state index in [1.807, 2.05) is 78.9 Å². The molecule has 0 spiro atoms. The number of benzene rings is 4. The van der Waals surface area contributed by atoms with Gasteiger partial charge in [0, 0.05) is 46.9 Å². The summed E-state index contributed by atoms with van der Waals surface area (Å²) in [5.41, 5.74) is 18.6. The van der Waals surface area contributed by atoms with Gasteiger partial charge in [-0.3, -0.25) is 0 Å².